The largest absolute Gasteiger partial charge is 0.376 e. The van der Waals surface area contributed by atoms with Gasteiger partial charge in [0, 0.05) is 25.2 Å². The smallest absolute Gasteiger partial charge is 0.0674 e. The van der Waals surface area contributed by atoms with Crippen molar-refractivity contribution in [2.24, 2.45) is 0 Å². The second-order valence-corrected chi connectivity index (χ2v) is 5.94. The molecule has 3 heteroatoms. The first kappa shape index (κ1) is 14.3. The van der Waals surface area contributed by atoms with E-state index in [9.17, 15) is 0 Å². The molecule has 0 amide bonds. The third-order valence-corrected chi connectivity index (χ3v) is 4.38. The van der Waals surface area contributed by atoms with Gasteiger partial charge in [-0.3, -0.25) is 4.90 Å². The number of nitrogens with one attached hydrogen (secondary N) is 1. The summed E-state index contributed by atoms with van der Waals surface area (Å²) < 4.78 is 5.68. The standard InChI is InChI=1S/C15H30N2O/c1-3-9-16-14-7-5-4-6-8-15(14)17-10-11-18-13(2)12-17/h13-16H,3-12H2,1-2H3. The lowest BCUT2D eigenvalue weighted by atomic mass is 10.00. The van der Waals surface area contributed by atoms with Crippen LogP contribution in [0.2, 0.25) is 0 Å². The summed E-state index contributed by atoms with van der Waals surface area (Å²) >= 11 is 0. The van der Waals surface area contributed by atoms with Crippen molar-refractivity contribution in [2.75, 3.05) is 26.2 Å². The lowest BCUT2D eigenvalue weighted by molar-refractivity contribution is -0.0407. The molecule has 106 valence electrons. The fourth-order valence-electron chi connectivity index (χ4n) is 3.44. The van der Waals surface area contributed by atoms with Gasteiger partial charge in [0.15, 0.2) is 0 Å². The highest BCUT2D eigenvalue weighted by atomic mass is 16.5. The van der Waals surface area contributed by atoms with Crippen molar-refractivity contribution in [3.05, 3.63) is 0 Å². The molecule has 1 N–H and O–H groups in total. The molecule has 0 aromatic carbocycles. The zero-order chi connectivity index (χ0) is 12.8. The Balaban J connectivity index is 1.95. The van der Waals surface area contributed by atoms with E-state index in [0.717, 1.165) is 25.7 Å². The number of hydrogen-bond donors (Lipinski definition) is 1. The number of hydrogen-bond acceptors (Lipinski definition) is 3. The first-order valence-corrected chi connectivity index (χ1v) is 7.90. The van der Waals surface area contributed by atoms with Crippen LogP contribution in [0.25, 0.3) is 0 Å². The minimum absolute atomic E-state index is 0.411. The van der Waals surface area contributed by atoms with Gasteiger partial charge in [-0.05, 0) is 32.7 Å². The minimum Gasteiger partial charge on any atom is -0.376 e. The predicted octanol–water partition coefficient (Wildman–Crippen LogP) is 2.41. The summed E-state index contributed by atoms with van der Waals surface area (Å²) in [6.45, 7) is 8.79. The topological polar surface area (TPSA) is 24.5 Å². The highest BCUT2D eigenvalue weighted by Crippen LogP contribution is 2.24. The van der Waals surface area contributed by atoms with Gasteiger partial charge in [0.25, 0.3) is 0 Å². The monoisotopic (exact) mass is 254 g/mol. The van der Waals surface area contributed by atoms with Crippen LogP contribution in [0.15, 0.2) is 0 Å². The summed E-state index contributed by atoms with van der Waals surface area (Å²) in [6, 6.07) is 1.45. The molecule has 1 aliphatic heterocycles. The summed E-state index contributed by atoms with van der Waals surface area (Å²) in [5.74, 6) is 0. The Hall–Kier alpha value is -0.120. The predicted molar refractivity (Wildman–Crippen MR) is 75.9 cm³/mol. The Bertz CT molecular complexity index is 235. The van der Waals surface area contributed by atoms with Gasteiger partial charge < -0.3 is 10.1 Å². The molecule has 18 heavy (non-hydrogen) atoms. The molecule has 3 atom stereocenters. The average Bonchev–Trinajstić information content (AvgIpc) is 2.61. The van der Waals surface area contributed by atoms with E-state index in [1.54, 1.807) is 0 Å². The van der Waals surface area contributed by atoms with Gasteiger partial charge in [0.1, 0.15) is 0 Å². The Labute approximate surface area is 112 Å². The van der Waals surface area contributed by atoms with Gasteiger partial charge in [-0.1, -0.05) is 26.2 Å². The van der Waals surface area contributed by atoms with E-state index in [1.807, 2.05) is 0 Å². The van der Waals surface area contributed by atoms with Gasteiger partial charge in [-0.25, -0.2) is 0 Å². The van der Waals surface area contributed by atoms with Crippen LogP contribution in [-0.2, 0) is 4.74 Å². The molecular formula is C15H30N2O. The Kier molecular flexibility index (Phi) is 5.93. The highest BCUT2D eigenvalue weighted by Gasteiger charge is 2.30. The van der Waals surface area contributed by atoms with E-state index in [2.05, 4.69) is 24.1 Å². The number of ether oxygens (including phenoxy) is 1. The molecule has 3 nitrogen and oxygen atoms in total. The van der Waals surface area contributed by atoms with Gasteiger partial charge in [0.2, 0.25) is 0 Å². The van der Waals surface area contributed by atoms with E-state index in [0.29, 0.717) is 12.1 Å². The second-order valence-electron chi connectivity index (χ2n) is 5.94. The third-order valence-electron chi connectivity index (χ3n) is 4.38. The van der Waals surface area contributed by atoms with Gasteiger partial charge in [0.05, 0.1) is 12.7 Å². The molecule has 1 aliphatic carbocycles. The van der Waals surface area contributed by atoms with E-state index in [1.165, 1.54) is 45.1 Å². The maximum atomic E-state index is 5.68. The van der Waals surface area contributed by atoms with Crippen molar-refractivity contribution in [3.63, 3.8) is 0 Å². The van der Waals surface area contributed by atoms with Crippen LogP contribution in [0.1, 0.15) is 52.4 Å². The van der Waals surface area contributed by atoms with Crippen LogP contribution < -0.4 is 5.32 Å². The second kappa shape index (κ2) is 7.46. The lowest BCUT2D eigenvalue weighted by Gasteiger charge is -2.40. The van der Waals surface area contributed by atoms with E-state index >= 15 is 0 Å². The Morgan fingerprint density at radius 3 is 2.83 bits per heavy atom. The molecule has 1 saturated heterocycles. The zero-order valence-corrected chi connectivity index (χ0v) is 12.2. The SMILES string of the molecule is CCCNC1CCCCCC1N1CCOC(C)C1. The van der Waals surface area contributed by atoms with E-state index < -0.39 is 0 Å². The normalized spacial score (nSPS) is 35.3. The van der Waals surface area contributed by atoms with E-state index in [-0.39, 0.29) is 0 Å². The third kappa shape index (κ3) is 3.94. The van der Waals surface area contributed by atoms with Crippen LogP contribution in [0.5, 0.6) is 0 Å². The molecule has 0 aromatic rings. The molecule has 2 aliphatic rings. The molecule has 0 bridgehead atoms. The fraction of sp³-hybridized carbons (Fsp3) is 1.00. The van der Waals surface area contributed by atoms with Crippen LogP contribution in [0.4, 0.5) is 0 Å². The fourth-order valence-corrected chi connectivity index (χ4v) is 3.44. The molecule has 3 unspecified atom stereocenters. The first-order valence-electron chi connectivity index (χ1n) is 7.90. The van der Waals surface area contributed by atoms with Gasteiger partial charge >= 0.3 is 0 Å². The average molecular weight is 254 g/mol. The molecular weight excluding hydrogens is 224 g/mol. The van der Waals surface area contributed by atoms with Gasteiger partial charge in [-0.15, -0.1) is 0 Å². The zero-order valence-electron chi connectivity index (χ0n) is 12.2. The maximum absolute atomic E-state index is 5.68. The summed E-state index contributed by atoms with van der Waals surface area (Å²) in [5.41, 5.74) is 0. The number of rotatable bonds is 4. The maximum Gasteiger partial charge on any atom is 0.0674 e. The summed E-state index contributed by atoms with van der Waals surface area (Å²) in [6.07, 6.45) is 8.60. The Morgan fingerprint density at radius 1 is 1.22 bits per heavy atom. The number of morpholine rings is 1. The highest BCUT2D eigenvalue weighted by molar-refractivity contribution is 4.88. The molecule has 0 radical (unpaired) electrons. The molecule has 1 saturated carbocycles. The van der Waals surface area contributed by atoms with Crippen LogP contribution in [0.3, 0.4) is 0 Å². The minimum atomic E-state index is 0.411. The number of nitrogens with zero attached hydrogens (tertiary/aromatic N) is 1. The van der Waals surface area contributed by atoms with Crippen LogP contribution in [0, 0.1) is 0 Å². The van der Waals surface area contributed by atoms with Crippen molar-refractivity contribution >= 4 is 0 Å². The summed E-state index contributed by atoms with van der Waals surface area (Å²) in [5, 5.41) is 3.79. The van der Waals surface area contributed by atoms with Crippen molar-refractivity contribution in [2.45, 2.75) is 70.6 Å². The van der Waals surface area contributed by atoms with Crippen LogP contribution in [-0.4, -0.2) is 49.3 Å². The molecule has 1 heterocycles. The lowest BCUT2D eigenvalue weighted by Crippen LogP contribution is -2.54. The van der Waals surface area contributed by atoms with Crippen molar-refractivity contribution in [1.29, 1.82) is 0 Å². The van der Waals surface area contributed by atoms with Crippen molar-refractivity contribution < 1.29 is 4.74 Å². The summed E-state index contributed by atoms with van der Waals surface area (Å²) in [4.78, 5) is 2.69. The Morgan fingerprint density at radius 2 is 2.06 bits per heavy atom. The van der Waals surface area contributed by atoms with Gasteiger partial charge in [-0.2, -0.15) is 0 Å². The molecule has 2 fully saturated rings. The molecule has 2 rings (SSSR count). The molecule has 0 aromatic heterocycles. The quantitative estimate of drug-likeness (QED) is 0.780. The van der Waals surface area contributed by atoms with Crippen molar-refractivity contribution in [1.82, 2.24) is 10.2 Å². The van der Waals surface area contributed by atoms with Crippen molar-refractivity contribution in [3.8, 4) is 0 Å². The first-order chi connectivity index (χ1) is 8.81. The van der Waals surface area contributed by atoms with E-state index in [4.69, 9.17) is 4.74 Å². The van der Waals surface area contributed by atoms with Crippen LogP contribution >= 0.6 is 0 Å². The summed E-state index contributed by atoms with van der Waals surface area (Å²) in [7, 11) is 0. The molecule has 0 spiro atoms.